The van der Waals surface area contributed by atoms with Gasteiger partial charge in [0.05, 0.1) is 24.7 Å². The Morgan fingerprint density at radius 2 is 2.10 bits per heavy atom. The highest BCUT2D eigenvalue weighted by atomic mass is 32.2. The van der Waals surface area contributed by atoms with Crippen molar-refractivity contribution in [1.82, 2.24) is 9.29 Å². The largest absolute Gasteiger partial charge is 0.390 e. The molecular weight excluding hydrogens is 296 g/mol. The molecule has 0 atom stereocenters. The Balaban J connectivity index is 2.44. The smallest absolute Gasteiger partial charge is 0.242 e. The van der Waals surface area contributed by atoms with Crippen LogP contribution in [0, 0.1) is 0 Å². The van der Waals surface area contributed by atoms with Crippen molar-refractivity contribution in [3.05, 3.63) is 18.0 Å². The Hall–Kier alpha value is -0.930. The first kappa shape index (κ1) is 18.1. The number of nitrogens with zero attached hydrogens (tertiary/aromatic N) is 1. The van der Waals surface area contributed by atoms with Crippen molar-refractivity contribution >= 4 is 10.0 Å². The predicted molar refractivity (Wildman–Crippen MR) is 78.5 cm³/mol. The second-order valence-corrected chi connectivity index (χ2v) is 6.23. The van der Waals surface area contributed by atoms with Crippen LogP contribution < -0.4 is 4.72 Å². The lowest BCUT2D eigenvalue weighted by atomic mass is 10.4. The van der Waals surface area contributed by atoms with Crippen molar-refractivity contribution in [1.29, 1.82) is 0 Å². The zero-order valence-electron chi connectivity index (χ0n) is 12.5. The molecule has 0 unspecified atom stereocenters. The summed E-state index contributed by atoms with van der Waals surface area (Å²) < 4.78 is 38.5. The third kappa shape index (κ3) is 5.76. The van der Waals surface area contributed by atoms with Gasteiger partial charge in [0.25, 0.3) is 0 Å². The fraction of sp³-hybridized carbons (Fsp3) is 0.692. The van der Waals surface area contributed by atoms with E-state index in [4.69, 9.17) is 9.47 Å². The number of hydrogen-bond acceptors (Lipinski definition) is 5. The summed E-state index contributed by atoms with van der Waals surface area (Å²) in [6.07, 6.45) is 2.12. The zero-order valence-corrected chi connectivity index (χ0v) is 13.4. The molecule has 21 heavy (non-hydrogen) atoms. The monoisotopic (exact) mass is 320 g/mol. The van der Waals surface area contributed by atoms with Crippen LogP contribution in [0.25, 0.3) is 0 Å². The van der Waals surface area contributed by atoms with Gasteiger partial charge in [-0.2, -0.15) is 0 Å². The normalized spacial score (nSPS) is 12.0. The molecule has 0 aliphatic heterocycles. The number of ether oxygens (including phenoxy) is 2. The predicted octanol–water partition coefficient (Wildman–Crippen LogP) is 0.332. The van der Waals surface area contributed by atoms with Gasteiger partial charge in [0, 0.05) is 38.7 Å². The van der Waals surface area contributed by atoms with Gasteiger partial charge in [-0.25, -0.2) is 13.1 Å². The van der Waals surface area contributed by atoms with Crippen LogP contribution in [0.15, 0.2) is 17.2 Å². The van der Waals surface area contributed by atoms with Gasteiger partial charge in [-0.15, -0.1) is 0 Å². The molecule has 0 fully saturated rings. The van der Waals surface area contributed by atoms with Gasteiger partial charge in [0.1, 0.15) is 0 Å². The van der Waals surface area contributed by atoms with Crippen LogP contribution >= 0.6 is 0 Å². The van der Waals surface area contributed by atoms with Gasteiger partial charge in [-0.1, -0.05) is 0 Å². The molecule has 0 aromatic carbocycles. The van der Waals surface area contributed by atoms with Crippen molar-refractivity contribution in [2.75, 3.05) is 33.5 Å². The van der Waals surface area contributed by atoms with E-state index < -0.39 is 10.0 Å². The van der Waals surface area contributed by atoms with E-state index in [1.165, 1.54) is 12.3 Å². The van der Waals surface area contributed by atoms with Crippen molar-refractivity contribution in [2.24, 2.45) is 0 Å². The summed E-state index contributed by atoms with van der Waals surface area (Å²) in [6.45, 7) is 4.13. The maximum atomic E-state index is 12.1. The highest BCUT2D eigenvalue weighted by molar-refractivity contribution is 7.89. The summed E-state index contributed by atoms with van der Waals surface area (Å²) in [7, 11) is -1.94. The van der Waals surface area contributed by atoms with Crippen molar-refractivity contribution in [2.45, 2.75) is 31.4 Å². The average Bonchev–Trinajstić information content (AvgIpc) is 2.90. The lowest BCUT2D eigenvalue weighted by molar-refractivity contribution is 0.0699. The average molecular weight is 320 g/mol. The minimum Gasteiger partial charge on any atom is -0.390 e. The van der Waals surface area contributed by atoms with Crippen molar-refractivity contribution < 1.29 is 23.0 Å². The first-order valence-electron chi connectivity index (χ1n) is 6.91. The van der Waals surface area contributed by atoms with Gasteiger partial charge in [0.2, 0.25) is 10.0 Å². The van der Waals surface area contributed by atoms with E-state index in [2.05, 4.69) is 4.72 Å². The van der Waals surface area contributed by atoms with E-state index >= 15 is 0 Å². The molecule has 2 N–H and O–H groups in total. The molecule has 0 aliphatic carbocycles. The number of aromatic nitrogens is 1. The number of sulfonamides is 1. The lowest BCUT2D eigenvalue weighted by Gasteiger charge is -2.06. The molecule has 1 aromatic heterocycles. The fourth-order valence-corrected chi connectivity index (χ4v) is 2.94. The van der Waals surface area contributed by atoms with E-state index in [1.54, 1.807) is 11.7 Å². The summed E-state index contributed by atoms with van der Waals surface area (Å²) >= 11 is 0. The van der Waals surface area contributed by atoms with Crippen LogP contribution in [-0.4, -0.2) is 51.6 Å². The first-order valence-corrected chi connectivity index (χ1v) is 8.39. The second-order valence-electron chi connectivity index (χ2n) is 4.47. The van der Waals surface area contributed by atoms with E-state index in [9.17, 15) is 13.5 Å². The van der Waals surface area contributed by atoms with Gasteiger partial charge in [0.15, 0.2) is 0 Å². The van der Waals surface area contributed by atoms with Gasteiger partial charge in [-0.3, -0.25) is 0 Å². The van der Waals surface area contributed by atoms with Gasteiger partial charge >= 0.3 is 0 Å². The summed E-state index contributed by atoms with van der Waals surface area (Å²) in [4.78, 5) is 0.175. The minimum absolute atomic E-state index is 0.175. The summed E-state index contributed by atoms with van der Waals surface area (Å²) in [5.74, 6) is 0. The Kier molecular flexibility index (Phi) is 7.91. The molecule has 122 valence electrons. The van der Waals surface area contributed by atoms with Crippen LogP contribution in [0.2, 0.25) is 0 Å². The topological polar surface area (TPSA) is 89.8 Å². The van der Waals surface area contributed by atoms with Crippen LogP contribution in [0.1, 0.15) is 19.0 Å². The molecule has 0 bridgehead atoms. The molecule has 0 saturated heterocycles. The number of aliphatic hydroxyl groups excluding tert-OH is 1. The summed E-state index contributed by atoms with van der Waals surface area (Å²) in [5, 5.41) is 9.18. The van der Waals surface area contributed by atoms with Crippen LogP contribution in [0.4, 0.5) is 0 Å². The Morgan fingerprint density at radius 3 is 2.67 bits per heavy atom. The van der Waals surface area contributed by atoms with Crippen LogP contribution in [0.3, 0.4) is 0 Å². The number of nitrogens with one attached hydrogen (secondary N) is 1. The molecule has 0 spiro atoms. The molecule has 0 aliphatic rings. The highest BCUT2D eigenvalue weighted by Gasteiger charge is 2.17. The van der Waals surface area contributed by atoms with E-state index in [-0.39, 0.29) is 11.5 Å². The molecule has 7 nitrogen and oxygen atoms in total. The number of aliphatic hydroxyl groups is 1. The number of hydrogen-bond donors (Lipinski definition) is 2. The van der Waals surface area contributed by atoms with Crippen LogP contribution in [0.5, 0.6) is 0 Å². The molecule has 0 saturated carbocycles. The van der Waals surface area contributed by atoms with E-state index in [1.807, 2.05) is 6.92 Å². The Labute approximate surface area is 125 Å². The number of methoxy groups -OCH3 is 1. The van der Waals surface area contributed by atoms with Gasteiger partial charge < -0.3 is 19.1 Å². The minimum atomic E-state index is -3.54. The zero-order chi connectivity index (χ0) is 15.7. The molecule has 1 heterocycles. The number of rotatable bonds is 11. The third-order valence-corrected chi connectivity index (χ3v) is 4.39. The highest BCUT2D eigenvalue weighted by Crippen LogP contribution is 2.14. The number of aryl methyl sites for hydroxylation is 1. The molecule has 0 amide bonds. The Bertz CT molecular complexity index is 491. The molecule has 0 radical (unpaired) electrons. The fourth-order valence-electron chi connectivity index (χ4n) is 1.81. The first-order chi connectivity index (χ1) is 10.0. The lowest BCUT2D eigenvalue weighted by Crippen LogP contribution is -2.25. The molecule has 1 aromatic rings. The maximum Gasteiger partial charge on any atom is 0.242 e. The third-order valence-electron chi connectivity index (χ3n) is 2.96. The molecule has 1 rings (SSSR count). The SMILES string of the molecule is CCn1cc(S(=O)(=O)NCCCOCCOC)cc1CO. The summed E-state index contributed by atoms with van der Waals surface area (Å²) in [5.41, 5.74) is 0.584. The molecule has 8 heteroatoms. The standard InChI is InChI=1S/C13H24N2O5S/c1-3-15-10-13(9-12(15)11-16)21(17,18)14-5-4-6-20-8-7-19-2/h9-10,14,16H,3-8,11H2,1-2H3. The van der Waals surface area contributed by atoms with Crippen molar-refractivity contribution in [3.8, 4) is 0 Å². The van der Waals surface area contributed by atoms with Gasteiger partial charge in [-0.05, 0) is 19.4 Å². The summed E-state index contributed by atoms with van der Waals surface area (Å²) in [6, 6.07) is 1.49. The second kappa shape index (κ2) is 9.16. The van der Waals surface area contributed by atoms with E-state index in [0.717, 1.165) is 0 Å². The van der Waals surface area contributed by atoms with Crippen LogP contribution in [-0.2, 0) is 32.6 Å². The Morgan fingerprint density at radius 1 is 1.33 bits per heavy atom. The molecular formula is C13H24N2O5S. The van der Waals surface area contributed by atoms with Crippen molar-refractivity contribution in [3.63, 3.8) is 0 Å². The van der Waals surface area contributed by atoms with E-state index in [0.29, 0.717) is 45.0 Å². The maximum absolute atomic E-state index is 12.1. The quantitative estimate of drug-likeness (QED) is 0.574.